The Morgan fingerprint density at radius 3 is 2.48 bits per heavy atom. The lowest BCUT2D eigenvalue weighted by molar-refractivity contribution is -0.156. The number of nitrogens with two attached hydrogens (primary N) is 1. The number of esters is 1. The largest absolute Gasteiger partial charge is 0.459 e. The summed E-state index contributed by atoms with van der Waals surface area (Å²) in [4.78, 5) is 16.3. The third-order valence-corrected chi connectivity index (χ3v) is 3.38. The zero-order valence-corrected chi connectivity index (χ0v) is 13.1. The number of hydrogen-bond acceptors (Lipinski definition) is 5. The third kappa shape index (κ3) is 4.93. The maximum Gasteiger partial charge on any atom is 0.320 e. The minimum atomic E-state index is -0.416. The van der Waals surface area contributed by atoms with Gasteiger partial charge in [-0.25, -0.2) is 0 Å². The zero-order valence-electron chi connectivity index (χ0n) is 13.1. The van der Waals surface area contributed by atoms with Crippen molar-refractivity contribution in [3.63, 3.8) is 0 Å². The van der Waals surface area contributed by atoms with Gasteiger partial charge in [0.1, 0.15) is 5.60 Å². The van der Waals surface area contributed by atoms with Gasteiger partial charge in [-0.3, -0.25) is 9.69 Å². The first-order chi connectivity index (χ1) is 9.83. The van der Waals surface area contributed by atoms with Crippen LogP contribution in [0.2, 0.25) is 0 Å². The van der Waals surface area contributed by atoms with Gasteiger partial charge in [-0.15, -0.1) is 0 Å². The molecule has 1 saturated heterocycles. The first-order valence-corrected chi connectivity index (χ1v) is 7.38. The predicted molar refractivity (Wildman–Crippen MR) is 85.4 cm³/mol. The van der Waals surface area contributed by atoms with Crippen molar-refractivity contribution in [2.24, 2.45) is 0 Å². The van der Waals surface area contributed by atoms with Gasteiger partial charge in [0.15, 0.2) is 0 Å². The fraction of sp³-hybridized carbons (Fsp3) is 0.562. The van der Waals surface area contributed by atoms with Gasteiger partial charge >= 0.3 is 5.97 Å². The Kier molecular flexibility index (Phi) is 4.73. The fourth-order valence-electron chi connectivity index (χ4n) is 2.44. The summed E-state index contributed by atoms with van der Waals surface area (Å²) in [6, 6.07) is 7.92. The number of piperazine rings is 1. The van der Waals surface area contributed by atoms with Gasteiger partial charge in [0, 0.05) is 37.6 Å². The molecule has 0 aromatic heterocycles. The van der Waals surface area contributed by atoms with Gasteiger partial charge in [-0.05, 0) is 39.0 Å². The molecule has 1 aromatic rings. The molecule has 0 unspecified atom stereocenters. The molecule has 2 N–H and O–H groups in total. The van der Waals surface area contributed by atoms with E-state index in [0.29, 0.717) is 6.54 Å². The van der Waals surface area contributed by atoms with E-state index < -0.39 is 5.60 Å². The van der Waals surface area contributed by atoms with Crippen LogP contribution in [0, 0.1) is 0 Å². The minimum Gasteiger partial charge on any atom is -0.459 e. The van der Waals surface area contributed by atoms with Gasteiger partial charge in [0.05, 0.1) is 6.54 Å². The predicted octanol–water partition coefficient (Wildman–Crippen LogP) is 1.73. The van der Waals surface area contributed by atoms with Gasteiger partial charge in [-0.1, -0.05) is 6.07 Å². The summed E-state index contributed by atoms with van der Waals surface area (Å²) in [5.74, 6) is -0.153. The van der Waals surface area contributed by atoms with Crippen molar-refractivity contribution in [1.29, 1.82) is 0 Å². The van der Waals surface area contributed by atoms with Crippen molar-refractivity contribution in [3.8, 4) is 0 Å². The minimum absolute atomic E-state index is 0.153. The van der Waals surface area contributed by atoms with Crippen molar-refractivity contribution in [2.75, 3.05) is 43.4 Å². The molecule has 0 radical (unpaired) electrons. The molecular formula is C16H25N3O2. The van der Waals surface area contributed by atoms with E-state index in [1.807, 2.05) is 39.0 Å². The van der Waals surface area contributed by atoms with Gasteiger partial charge in [0.25, 0.3) is 0 Å². The quantitative estimate of drug-likeness (QED) is 0.679. The number of carbonyl (C=O) groups is 1. The Morgan fingerprint density at radius 1 is 1.24 bits per heavy atom. The highest BCUT2D eigenvalue weighted by molar-refractivity contribution is 5.72. The number of hydrogen-bond donors (Lipinski definition) is 1. The van der Waals surface area contributed by atoms with E-state index in [9.17, 15) is 4.79 Å². The van der Waals surface area contributed by atoms with Crippen LogP contribution in [0.25, 0.3) is 0 Å². The average Bonchev–Trinajstić information content (AvgIpc) is 2.37. The van der Waals surface area contributed by atoms with Crippen LogP contribution >= 0.6 is 0 Å². The average molecular weight is 291 g/mol. The number of rotatable bonds is 3. The molecule has 1 aromatic carbocycles. The van der Waals surface area contributed by atoms with E-state index in [2.05, 4.69) is 15.9 Å². The Labute approximate surface area is 126 Å². The molecule has 1 aliphatic heterocycles. The topological polar surface area (TPSA) is 58.8 Å². The Balaban J connectivity index is 1.82. The van der Waals surface area contributed by atoms with Gasteiger partial charge < -0.3 is 15.4 Å². The van der Waals surface area contributed by atoms with E-state index in [0.717, 1.165) is 37.6 Å². The Morgan fingerprint density at radius 2 is 1.90 bits per heavy atom. The second-order valence-electron chi connectivity index (χ2n) is 6.44. The van der Waals surface area contributed by atoms with Crippen LogP contribution in [0.15, 0.2) is 24.3 Å². The van der Waals surface area contributed by atoms with Crippen molar-refractivity contribution < 1.29 is 9.53 Å². The molecule has 2 rings (SSSR count). The standard InChI is InChI=1S/C16H25N3O2/c1-16(2,3)21-15(20)12-18-7-9-19(10-8-18)14-6-4-5-13(17)11-14/h4-6,11H,7-10,12,17H2,1-3H3. The normalized spacial score (nSPS) is 16.8. The fourth-order valence-corrected chi connectivity index (χ4v) is 2.44. The van der Waals surface area contributed by atoms with Crippen molar-refractivity contribution >= 4 is 17.3 Å². The summed E-state index contributed by atoms with van der Waals surface area (Å²) in [7, 11) is 0. The summed E-state index contributed by atoms with van der Waals surface area (Å²) in [6.07, 6.45) is 0. The number of nitrogen functional groups attached to an aromatic ring is 1. The number of carbonyl (C=O) groups excluding carboxylic acids is 1. The lowest BCUT2D eigenvalue weighted by Crippen LogP contribution is -2.48. The molecule has 1 aliphatic rings. The maximum absolute atomic E-state index is 11.8. The van der Waals surface area contributed by atoms with Gasteiger partial charge in [-0.2, -0.15) is 0 Å². The van der Waals surface area contributed by atoms with E-state index in [1.54, 1.807) is 0 Å². The van der Waals surface area contributed by atoms with E-state index in [1.165, 1.54) is 0 Å². The van der Waals surface area contributed by atoms with Crippen LogP contribution in [0.3, 0.4) is 0 Å². The molecule has 0 atom stereocenters. The highest BCUT2D eigenvalue weighted by Gasteiger charge is 2.22. The van der Waals surface area contributed by atoms with Gasteiger partial charge in [0.2, 0.25) is 0 Å². The van der Waals surface area contributed by atoms with Crippen LogP contribution in [0.5, 0.6) is 0 Å². The van der Waals surface area contributed by atoms with Crippen LogP contribution in [0.4, 0.5) is 11.4 Å². The molecule has 0 aliphatic carbocycles. The summed E-state index contributed by atoms with van der Waals surface area (Å²) >= 11 is 0. The molecule has 5 heteroatoms. The van der Waals surface area contributed by atoms with E-state index in [-0.39, 0.29) is 5.97 Å². The van der Waals surface area contributed by atoms with Crippen LogP contribution < -0.4 is 10.6 Å². The van der Waals surface area contributed by atoms with Crippen LogP contribution in [-0.4, -0.2) is 49.2 Å². The number of anilines is 2. The SMILES string of the molecule is CC(C)(C)OC(=O)CN1CCN(c2cccc(N)c2)CC1. The second-order valence-corrected chi connectivity index (χ2v) is 6.44. The Hall–Kier alpha value is -1.75. The van der Waals surface area contributed by atoms with Crippen molar-refractivity contribution in [3.05, 3.63) is 24.3 Å². The first-order valence-electron chi connectivity index (χ1n) is 7.38. The second kappa shape index (κ2) is 6.35. The molecule has 0 amide bonds. The lowest BCUT2D eigenvalue weighted by atomic mass is 10.2. The number of benzene rings is 1. The Bertz CT molecular complexity index is 489. The molecule has 5 nitrogen and oxygen atoms in total. The van der Waals surface area contributed by atoms with E-state index in [4.69, 9.17) is 10.5 Å². The van der Waals surface area contributed by atoms with Crippen molar-refractivity contribution in [1.82, 2.24) is 4.90 Å². The lowest BCUT2D eigenvalue weighted by Gasteiger charge is -2.36. The summed E-state index contributed by atoms with van der Waals surface area (Å²) in [5, 5.41) is 0. The monoisotopic (exact) mass is 291 g/mol. The molecule has 0 saturated carbocycles. The number of ether oxygens (including phenoxy) is 1. The molecule has 1 fully saturated rings. The summed E-state index contributed by atoms with van der Waals surface area (Å²) in [5.41, 5.74) is 7.33. The molecular weight excluding hydrogens is 266 g/mol. The summed E-state index contributed by atoms with van der Waals surface area (Å²) in [6.45, 7) is 9.54. The molecule has 116 valence electrons. The summed E-state index contributed by atoms with van der Waals surface area (Å²) < 4.78 is 5.36. The van der Waals surface area contributed by atoms with Crippen LogP contribution in [-0.2, 0) is 9.53 Å². The molecule has 21 heavy (non-hydrogen) atoms. The molecule has 0 bridgehead atoms. The highest BCUT2D eigenvalue weighted by Crippen LogP contribution is 2.19. The first kappa shape index (κ1) is 15.6. The maximum atomic E-state index is 11.8. The molecule has 1 heterocycles. The number of nitrogens with zero attached hydrogens (tertiary/aromatic N) is 2. The highest BCUT2D eigenvalue weighted by atomic mass is 16.6. The van der Waals surface area contributed by atoms with Crippen molar-refractivity contribution in [2.45, 2.75) is 26.4 Å². The van der Waals surface area contributed by atoms with E-state index >= 15 is 0 Å². The zero-order chi connectivity index (χ0) is 15.5. The van der Waals surface area contributed by atoms with Crippen LogP contribution in [0.1, 0.15) is 20.8 Å². The molecule has 0 spiro atoms. The smallest absolute Gasteiger partial charge is 0.320 e. The third-order valence-electron chi connectivity index (χ3n) is 3.38.